The van der Waals surface area contributed by atoms with Gasteiger partial charge in [-0.05, 0) is 12.3 Å². The molecule has 0 bridgehead atoms. The summed E-state index contributed by atoms with van der Waals surface area (Å²) in [5.74, 6) is -1.98. The van der Waals surface area contributed by atoms with E-state index in [1.54, 1.807) is 0 Å². The Kier molecular flexibility index (Phi) is 3.13. The normalized spacial score (nSPS) is 19.6. The van der Waals surface area contributed by atoms with E-state index in [0.717, 1.165) is 0 Å². The summed E-state index contributed by atoms with van der Waals surface area (Å²) >= 11 is 0. The number of hydrogen-bond acceptors (Lipinski definition) is 3. The first kappa shape index (κ1) is 11.0. The Balaban J connectivity index is 2.38. The summed E-state index contributed by atoms with van der Waals surface area (Å²) in [6.07, 6.45) is -5.57. The van der Waals surface area contributed by atoms with Crippen LogP contribution in [0.25, 0.3) is 0 Å². The van der Waals surface area contributed by atoms with Gasteiger partial charge in [0.05, 0.1) is 0 Å². The van der Waals surface area contributed by atoms with Crippen LogP contribution in [-0.2, 0) is 14.3 Å². The molecular formula is C8H9F3O3. The lowest BCUT2D eigenvalue weighted by Crippen LogP contribution is -2.26. The minimum atomic E-state index is -4.23. The number of ether oxygens (including phenoxy) is 1. The molecule has 0 spiro atoms. The quantitative estimate of drug-likeness (QED) is 0.515. The van der Waals surface area contributed by atoms with E-state index >= 15 is 0 Å². The first-order valence-corrected chi connectivity index (χ1v) is 4.17. The van der Waals surface area contributed by atoms with Crippen molar-refractivity contribution < 1.29 is 27.5 Å². The summed E-state index contributed by atoms with van der Waals surface area (Å²) in [4.78, 5) is 21.4. The summed E-state index contributed by atoms with van der Waals surface area (Å²) in [6.45, 7) is 0. The minimum Gasteiger partial charge on any atom is -0.393 e. The Morgan fingerprint density at radius 3 is 2.14 bits per heavy atom. The van der Waals surface area contributed by atoms with Crippen molar-refractivity contribution in [2.45, 2.75) is 31.9 Å². The molecule has 80 valence electrons. The van der Waals surface area contributed by atoms with Crippen molar-refractivity contribution in [1.82, 2.24) is 0 Å². The summed E-state index contributed by atoms with van der Waals surface area (Å²) in [5, 5.41) is 0. The highest BCUT2D eigenvalue weighted by atomic mass is 19.4. The fraction of sp³-hybridized carbons (Fsp3) is 0.750. The van der Waals surface area contributed by atoms with Crippen LogP contribution in [-0.4, -0.2) is 18.1 Å². The van der Waals surface area contributed by atoms with Crippen LogP contribution in [0, 0.1) is 5.92 Å². The molecule has 6 heteroatoms. The summed E-state index contributed by atoms with van der Waals surface area (Å²) in [6, 6.07) is 0. The Morgan fingerprint density at radius 1 is 1.21 bits per heavy atom. The van der Waals surface area contributed by atoms with Gasteiger partial charge in [-0.3, -0.25) is 9.59 Å². The molecule has 0 aliphatic carbocycles. The average Bonchev–Trinajstić information content (AvgIpc) is 1.97. The SMILES string of the molecule is O=C1CC(CCC(F)(F)F)CC(=O)O1. The highest BCUT2D eigenvalue weighted by molar-refractivity contribution is 5.88. The van der Waals surface area contributed by atoms with E-state index in [9.17, 15) is 22.8 Å². The van der Waals surface area contributed by atoms with E-state index in [0.29, 0.717) is 0 Å². The third-order valence-corrected chi connectivity index (χ3v) is 1.97. The van der Waals surface area contributed by atoms with Crippen LogP contribution >= 0.6 is 0 Å². The number of carbonyl (C=O) groups excluding carboxylic acids is 2. The molecule has 1 fully saturated rings. The van der Waals surface area contributed by atoms with Gasteiger partial charge in [-0.2, -0.15) is 13.2 Å². The Hall–Kier alpha value is -1.07. The fourth-order valence-electron chi connectivity index (χ4n) is 1.33. The third kappa shape index (κ3) is 3.76. The molecular weight excluding hydrogens is 201 g/mol. The highest BCUT2D eigenvalue weighted by Gasteiger charge is 2.32. The first-order chi connectivity index (χ1) is 6.37. The van der Waals surface area contributed by atoms with Crippen molar-refractivity contribution >= 4 is 11.9 Å². The molecule has 0 unspecified atom stereocenters. The summed E-state index contributed by atoms with van der Waals surface area (Å²) in [7, 11) is 0. The maximum Gasteiger partial charge on any atom is 0.389 e. The van der Waals surface area contributed by atoms with E-state index in [1.165, 1.54) is 0 Å². The number of cyclic esters (lactones) is 2. The Bertz CT molecular complexity index is 231. The van der Waals surface area contributed by atoms with E-state index in [1.807, 2.05) is 0 Å². The van der Waals surface area contributed by atoms with Crippen LogP contribution in [0.15, 0.2) is 0 Å². The number of carbonyl (C=O) groups is 2. The average molecular weight is 210 g/mol. The van der Waals surface area contributed by atoms with Gasteiger partial charge in [0.25, 0.3) is 0 Å². The summed E-state index contributed by atoms with van der Waals surface area (Å²) < 4.78 is 39.6. The maximum absolute atomic E-state index is 11.8. The lowest BCUT2D eigenvalue weighted by Gasteiger charge is -2.19. The predicted molar refractivity (Wildman–Crippen MR) is 39.1 cm³/mol. The molecule has 14 heavy (non-hydrogen) atoms. The van der Waals surface area contributed by atoms with Gasteiger partial charge in [-0.25, -0.2) is 0 Å². The van der Waals surface area contributed by atoms with Gasteiger partial charge in [0.1, 0.15) is 0 Å². The lowest BCUT2D eigenvalue weighted by molar-refractivity contribution is -0.167. The molecule has 0 N–H and O–H groups in total. The van der Waals surface area contributed by atoms with Gasteiger partial charge in [0, 0.05) is 19.3 Å². The number of halogens is 3. The van der Waals surface area contributed by atoms with Gasteiger partial charge < -0.3 is 4.74 Å². The van der Waals surface area contributed by atoms with E-state index in [-0.39, 0.29) is 19.3 Å². The second-order valence-electron chi connectivity index (χ2n) is 3.27. The van der Waals surface area contributed by atoms with Crippen molar-refractivity contribution in [3.05, 3.63) is 0 Å². The molecule has 0 amide bonds. The molecule has 1 saturated heterocycles. The first-order valence-electron chi connectivity index (χ1n) is 4.17. The molecule has 1 aliphatic heterocycles. The molecule has 0 atom stereocenters. The van der Waals surface area contributed by atoms with Gasteiger partial charge in [0.15, 0.2) is 0 Å². The zero-order chi connectivity index (χ0) is 10.8. The molecule has 1 heterocycles. The smallest absolute Gasteiger partial charge is 0.389 e. The lowest BCUT2D eigenvalue weighted by atomic mass is 9.94. The zero-order valence-electron chi connectivity index (χ0n) is 7.26. The second-order valence-corrected chi connectivity index (χ2v) is 3.27. The van der Waals surface area contributed by atoms with Crippen LogP contribution in [0.3, 0.4) is 0 Å². The topological polar surface area (TPSA) is 43.4 Å². The number of alkyl halides is 3. The third-order valence-electron chi connectivity index (χ3n) is 1.97. The Labute approximate surface area is 78.2 Å². The minimum absolute atomic E-state index is 0.0954. The molecule has 0 radical (unpaired) electrons. The number of esters is 2. The van der Waals surface area contributed by atoms with Gasteiger partial charge in [0.2, 0.25) is 0 Å². The molecule has 0 saturated carbocycles. The van der Waals surface area contributed by atoms with Crippen LogP contribution in [0.2, 0.25) is 0 Å². The van der Waals surface area contributed by atoms with E-state index in [4.69, 9.17) is 0 Å². The van der Waals surface area contributed by atoms with Crippen LogP contribution in [0.4, 0.5) is 13.2 Å². The molecule has 0 aromatic rings. The van der Waals surface area contributed by atoms with Crippen LogP contribution in [0.5, 0.6) is 0 Å². The van der Waals surface area contributed by atoms with E-state index < -0.39 is 30.5 Å². The van der Waals surface area contributed by atoms with Crippen LogP contribution < -0.4 is 0 Å². The zero-order valence-corrected chi connectivity index (χ0v) is 7.26. The molecule has 1 aliphatic rings. The maximum atomic E-state index is 11.8. The number of rotatable bonds is 2. The Morgan fingerprint density at radius 2 is 1.71 bits per heavy atom. The van der Waals surface area contributed by atoms with Gasteiger partial charge in [-0.1, -0.05) is 0 Å². The monoisotopic (exact) mass is 210 g/mol. The van der Waals surface area contributed by atoms with Crippen molar-refractivity contribution in [1.29, 1.82) is 0 Å². The van der Waals surface area contributed by atoms with E-state index in [2.05, 4.69) is 4.74 Å². The fourth-order valence-corrected chi connectivity index (χ4v) is 1.33. The molecule has 0 aromatic heterocycles. The predicted octanol–water partition coefficient (Wildman–Crippen LogP) is 1.81. The second kappa shape index (κ2) is 3.98. The van der Waals surface area contributed by atoms with Crippen molar-refractivity contribution in [2.24, 2.45) is 5.92 Å². The molecule has 1 rings (SSSR count). The standard InChI is InChI=1S/C8H9F3O3/c9-8(10,11)2-1-5-3-6(12)14-7(13)4-5/h5H,1-4H2. The van der Waals surface area contributed by atoms with Crippen molar-refractivity contribution in [2.75, 3.05) is 0 Å². The summed E-state index contributed by atoms with van der Waals surface area (Å²) in [5.41, 5.74) is 0. The highest BCUT2D eigenvalue weighted by Crippen LogP contribution is 2.28. The largest absolute Gasteiger partial charge is 0.393 e. The van der Waals surface area contributed by atoms with Crippen molar-refractivity contribution in [3.63, 3.8) is 0 Å². The molecule has 0 aromatic carbocycles. The molecule has 3 nitrogen and oxygen atoms in total. The number of hydrogen-bond donors (Lipinski definition) is 0. The van der Waals surface area contributed by atoms with Crippen LogP contribution in [0.1, 0.15) is 25.7 Å². The van der Waals surface area contributed by atoms with Gasteiger partial charge in [-0.15, -0.1) is 0 Å². The van der Waals surface area contributed by atoms with Crippen molar-refractivity contribution in [3.8, 4) is 0 Å². The van der Waals surface area contributed by atoms with Gasteiger partial charge >= 0.3 is 18.1 Å².